The first-order valence-electron chi connectivity index (χ1n) is 10.7. The lowest BCUT2D eigenvalue weighted by molar-refractivity contribution is -0.119. The molecule has 8 nitrogen and oxygen atoms in total. The Kier molecular flexibility index (Phi) is 7.85. The zero-order valence-corrected chi connectivity index (χ0v) is 19.4. The lowest BCUT2D eigenvalue weighted by atomic mass is 10.2. The van der Waals surface area contributed by atoms with Crippen molar-refractivity contribution in [1.82, 2.24) is 25.4 Å². The number of carbonyl (C=O) groups excluding carboxylic acids is 2. The predicted molar refractivity (Wildman–Crippen MR) is 126 cm³/mol. The Morgan fingerprint density at radius 2 is 1.85 bits per heavy atom. The molecule has 1 aliphatic rings. The first kappa shape index (κ1) is 23.1. The summed E-state index contributed by atoms with van der Waals surface area (Å²) in [5.74, 6) is 1.46. The molecule has 0 unspecified atom stereocenters. The molecule has 1 saturated carbocycles. The van der Waals surface area contributed by atoms with Gasteiger partial charge in [0, 0.05) is 24.8 Å². The van der Waals surface area contributed by atoms with Crippen molar-refractivity contribution in [1.29, 1.82) is 0 Å². The molecule has 0 aliphatic heterocycles. The first-order valence-corrected chi connectivity index (χ1v) is 12.0. The number of thioether (sulfide) groups is 1. The van der Waals surface area contributed by atoms with E-state index in [1.165, 1.54) is 11.8 Å². The van der Waals surface area contributed by atoms with Crippen molar-refractivity contribution in [3.05, 3.63) is 71.0 Å². The Morgan fingerprint density at radius 1 is 1.09 bits per heavy atom. The van der Waals surface area contributed by atoms with Gasteiger partial charge in [-0.05, 0) is 30.5 Å². The molecule has 1 aliphatic carbocycles. The van der Waals surface area contributed by atoms with E-state index in [1.54, 1.807) is 6.07 Å². The van der Waals surface area contributed by atoms with Crippen LogP contribution in [0.25, 0.3) is 0 Å². The average Bonchev–Trinajstić information content (AvgIpc) is 3.58. The summed E-state index contributed by atoms with van der Waals surface area (Å²) in [6.07, 6.45) is 2.31. The number of halogens is 1. The maximum atomic E-state index is 12.1. The van der Waals surface area contributed by atoms with E-state index in [-0.39, 0.29) is 18.9 Å². The molecular formula is C23H24ClN5O3S. The average molecular weight is 486 g/mol. The summed E-state index contributed by atoms with van der Waals surface area (Å²) in [4.78, 5) is 24.1. The molecule has 2 N–H and O–H groups in total. The van der Waals surface area contributed by atoms with E-state index in [0.717, 1.165) is 29.4 Å². The molecule has 3 aromatic rings. The van der Waals surface area contributed by atoms with Crippen LogP contribution in [0.1, 0.15) is 36.7 Å². The predicted octanol–water partition coefficient (Wildman–Crippen LogP) is 4.35. The van der Waals surface area contributed by atoms with E-state index in [1.807, 2.05) is 48.5 Å². The number of aromatic nitrogens is 3. The summed E-state index contributed by atoms with van der Waals surface area (Å²) >= 11 is 7.60. The van der Waals surface area contributed by atoms with E-state index in [0.29, 0.717) is 29.1 Å². The van der Waals surface area contributed by atoms with E-state index in [4.69, 9.17) is 16.3 Å². The van der Waals surface area contributed by atoms with Gasteiger partial charge < -0.3 is 14.6 Å². The Labute approximate surface area is 201 Å². The number of rotatable bonds is 10. The van der Waals surface area contributed by atoms with Crippen LogP contribution in [0, 0.1) is 0 Å². The minimum atomic E-state index is -0.506. The van der Waals surface area contributed by atoms with Gasteiger partial charge in [-0.25, -0.2) is 4.79 Å². The highest BCUT2D eigenvalue weighted by atomic mass is 35.5. The maximum absolute atomic E-state index is 12.1. The number of ether oxygens (including phenoxy) is 1. The molecule has 1 heterocycles. The lowest BCUT2D eigenvalue weighted by Crippen LogP contribution is -2.39. The van der Waals surface area contributed by atoms with Gasteiger partial charge >= 0.3 is 6.03 Å². The first-order chi connectivity index (χ1) is 16.1. The number of imide groups is 1. The van der Waals surface area contributed by atoms with Crippen LogP contribution in [0.4, 0.5) is 4.79 Å². The van der Waals surface area contributed by atoms with E-state index in [9.17, 15) is 9.59 Å². The van der Waals surface area contributed by atoms with Crippen molar-refractivity contribution in [3.63, 3.8) is 0 Å². The number of benzene rings is 2. The highest BCUT2D eigenvalue weighted by Gasteiger charge is 2.30. The van der Waals surface area contributed by atoms with Gasteiger partial charge in [0.1, 0.15) is 12.4 Å². The molecule has 1 aromatic heterocycles. The molecule has 2 aromatic carbocycles. The molecule has 33 heavy (non-hydrogen) atoms. The second-order valence-electron chi connectivity index (χ2n) is 7.53. The standard InChI is InChI=1S/C23H24ClN5O3S/c24-18-8-4-5-9-19(18)32-15-20-27-28-23(29(20)17-10-11-17)33-13-12-21(30)26-22(31)25-14-16-6-2-1-3-7-16/h1-9,17H,10-15H2,(H2,25,26,30,31). The minimum Gasteiger partial charge on any atom is -0.484 e. The fourth-order valence-electron chi connectivity index (χ4n) is 3.15. The van der Waals surface area contributed by atoms with Crippen LogP contribution >= 0.6 is 23.4 Å². The van der Waals surface area contributed by atoms with Crippen molar-refractivity contribution in [2.45, 2.75) is 43.6 Å². The number of carbonyl (C=O) groups is 2. The number of amides is 3. The van der Waals surface area contributed by atoms with Crippen LogP contribution < -0.4 is 15.4 Å². The maximum Gasteiger partial charge on any atom is 0.321 e. The molecule has 10 heteroatoms. The van der Waals surface area contributed by atoms with E-state index >= 15 is 0 Å². The summed E-state index contributed by atoms with van der Waals surface area (Å²) in [6.45, 7) is 0.619. The van der Waals surface area contributed by atoms with Crippen LogP contribution in [-0.2, 0) is 17.9 Å². The highest BCUT2D eigenvalue weighted by Crippen LogP contribution is 2.39. The van der Waals surface area contributed by atoms with Crippen LogP contribution in [-0.4, -0.2) is 32.5 Å². The molecule has 0 spiro atoms. The fraction of sp³-hybridized carbons (Fsp3) is 0.304. The monoisotopic (exact) mass is 485 g/mol. The van der Waals surface area contributed by atoms with Gasteiger partial charge in [-0.1, -0.05) is 65.8 Å². The molecule has 3 amide bonds. The Bertz CT molecular complexity index is 1100. The van der Waals surface area contributed by atoms with Crippen LogP contribution in [0.2, 0.25) is 5.02 Å². The normalized spacial score (nSPS) is 12.9. The van der Waals surface area contributed by atoms with Gasteiger partial charge in [-0.15, -0.1) is 10.2 Å². The number of urea groups is 1. The Balaban J connectivity index is 1.24. The smallest absolute Gasteiger partial charge is 0.321 e. The minimum absolute atomic E-state index is 0.187. The number of para-hydroxylation sites is 1. The number of hydrogen-bond donors (Lipinski definition) is 2. The van der Waals surface area contributed by atoms with Gasteiger partial charge in [0.2, 0.25) is 5.91 Å². The molecular weight excluding hydrogens is 462 g/mol. The zero-order chi connectivity index (χ0) is 23.0. The summed E-state index contributed by atoms with van der Waals surface area (Å²) in [6, 6.07) is 16.6. The Hall–Kier alpha value is -3.04. The third-order valence-electron chi connectivity index (χ3n) is 4.95. The van der Waals surface area contributed by atoms with Crippen molar-refractivity contribution in [2.75, 3.05) is 5.75 Å². The quantitative estimate of drug-likeness (QED) is 0.414. The zero-order valence-electron chi connectivity index (χ0n) is 17.9. The summed E-state index contributed by atoms with van der Waals surface area (Å²) in [5.41, 5.74) is 0.962. The van der Waals surface area contributed by atoms with Crippen LogP contribution in [0.5, 0.6) is 5.75 Å². The number of nitrogens with one attached hydrogen (secondary N) is 2. The van der Waals surface area contributed by atoms with Crippen molar-refractivity contribution >= 4 is 35.3 Å². The molecule has 0 radical (unpaired) electrons. The third-order valence-corrected chi connectivity index (χ3v) is 6.21. The second kappa shape index (κ2) is 11.2. The molecule has 0 atom stereocenters. The summed E-state index contributed by atoms with van der Waals surface area (Å²) < 4.78 is 7.90. The van der Waals surface area contributed by atoms with E-state index in [2.05, 4.69) is 25.4 Å². The molecule has 4 rings (SSSR count). The second-order valence-corrected chi connectivity index (χ2v) is 9.00. The van der Waals surface area contributed by atoms with E-state index < -0.39 is 6.03 Å². The lowest BCUT2D eigenvalue weighted by Gasteiger charge is -2.11. The van der Waals surface area contributed by atoms with Crippen LogP contribution in [0.15, 0.2) is 59.8 Å². The van der Waals surface area contributed by atoms with Gasteiger partial charge in [0.15, 0.2) is 11.0 Å². The van der Waals surface area contributed by atoms with Crippen molar-refractivity contribution < 1.29 is 14.3 Å². The molecule has 0 saturated heterocycles. The van der Waals surface area contributed by atoms with Gasteiger partial charge in [-0.3, -0.25) is 10.1 Å². The largest absolute Gasteiger partial charge is 0.484 e. The van der Waals surface area contributed by atoms with Crippen LogP contribution in [0.3, 0.4) is 0 Å². The summed E-state index contributed by atoms with van der Waals surface area (Å²) in [7, 11) is 0. The highest BCUT2D eigenvalue weighted by molar-refractivity contribution is 7.99. The molecule has 1 fully saturated rings. The number of nitrogens with zero attached hydrogens (tertiary/aromatic N) is 3. The third kappa shape index (κ3) is 6.72. The number of hydrogen-bond acceptors (Lipinski definition) is 6. The molecule has 0 bridgehead atoms. The molecule has 172 valence electrons. The summed E-state index contributed by atoms with van der Waals surface area (Å²) in [5, 5.41) is 14.9. The van der Waals surface area contributed by atoms with Gasteiger partial charge in [0.25, 0.3) is 0 Å². The van der Waals surface area contributed by atoms with Crippen molar-refractivity contribution in [3.8, 4) is 5.75 Å². The fourth-order valence-corrected chi connectivity index (χ4v) is 4.31. The SMILES string of the molecule is O=C(CCSc1nnc(COc2ccccc2Cl)n1C1CC1)NC(=O)NCc1ccccc1. The van der Waals surface area contributed by atoms with Gasteiger partial charge in [-0.2, -0.15) is 0 Å². The van der Waals surface area contributed by atoms with Gasteiger partial charge in [0.05, 0.1) is 5.02 Å². The topological polar surface area (TPSA) is 98.1 Å². The Morgan fingerprint density at radius 3 is 2.61 bits per heavy atom. The van der Waals surface area contributed by atoms with Crippen molar-refractivity contribution in [2.24, 2.45) is 0 Å².